The second-order valence-electron chi connectivity index (χ2n) is 4.40. The zero-order valence-electron chi connectivity index (χ0n) is 9.93. The van der Waals surface area contributed by atoms with Crippen LogP contribution in [0.15, 0.2) is 23.0 Å². The molecule has 0 aliphatic carbocycles. The summed E-state index contributed by atoms with van der Waals surface area (Å²) in [6.45, 7) is 1.84. The smallest absolute Gasteiger partial charge is 0.218 e. The molecule has 1 aliphatic heterocycles. The maximum Gasteiger partial charge on any atom is 0.218 e. The largest absolute Gasteiger partial charge is 0.472 e. The molecule has 1 aromatic heterocycles. The van der Waals surface area contributed by atoms with Crippen molar-refractivity contribution < 1.29 is 12.8 Å². The maximum atomic E-state index is 12.3. The second kappa shape index (κ2) is 5.20. The lowest BCUT2D eigenvalue weighted by molar-refractivity contribution is 0.428. The topological polar surface area (TPSA) is 62.6 Å². The summed E-state index contributed by atoms with van der Waals surface area (Å²) in [6.07, 6.45) is 4.79. The Morgan fingerprint density at radius 1 is 1.59 bits per heavy atom. The first-order valence-electron chi connectivity index (χ1n) is 5.77. The molecule has 1 aliphatic rings. The van der Waals surface area contributed by atoms with Gasteiger partial charge in [-0.25, -0.2) is 12.7 Å². The molecule has 0 bridgehead atoms. The number of rotatable bonds is 4. The minimum Gasteiger partial charge on any atom is -0.472 e. The monoisotopic (exact) mass is 258 g/mol. The van der Waals surface area contributed by atoms with Crippen molar-refractivity contribution in [3.8, 4) is 0 Å². The lowest BCUT2D eigenvalue weighted by atomic mass is 10.2. The first-order chi connectivity index (χ1) is 8.10. The van der Waals surface area contributed by atoms with Gasteiger partial charge in [0.25, 0.3) is 0 Å². The van der Waals surface area contributed by atoms with Crippen LogP contribution < -0.4 is 5.32 Å². The van der Waals surface area contributed by atoms with Gasteiger partial charge in [0.15, 0.2) is 0 Å². The fourth-order valence-corrected chi connectivity index (χ4v) is 3.69. The van der Waals surface area contributed by atoms with Crippen molar-refractivity contribution in [2.75, 3.05) is 20.1 Å². The third-order valence-corrected chi connectivity index (χ3v) is 5.34. The number of sulfonamides is 1. The molecule has 1 fully saturated rings. The molecule has 1 N–H and O–H groups in total. The molecule has 0 aromatic carbocycles. The average molecular weight is 258 g/mol. The van der Waals surface area contributed by atoms with Gasteiger partial charge in [-0.3, -0.25) is 0 Å². The highest BCUT2D eigenvalue weighted by molar-refractivity contribution is 7.89. The Labute approximate surface area is 102 Å². The Bertz CT molecular complexity index is 435. The van der Waals surface area contributed by atoms with E-state index in [0.717, 1.165) is 24.9 Å². The Morgan fingerprint density at radius 3 is 3.00 bits per heavy atom. The lowest BCUT2D eigenvalue weighted by Crippen LogP contribution is -2.44. The molecule has 5 nitrogen and oxygen atoms in total. The van der Waals surface area contributed by atoms with Gasteiger partial charge in [-0.2, -0.15) is 0 Å². The summed E-state index contributed by atoms with van der Waals surface area (Å²) in [4.78, 5) is 0. The van der Waals surface area contributed by atoms with E-state index in [-0.39, 0.29) is 5.25 Å². The van der Waals surface area contributed by atoms with Gasteiger partial charge in [0, 0.05) is 25.7 Å². The van der Waals surface area contributed by atoms with Crippen molar-refractivity contribution in [1.29, 1.82) is 0 Å². The van der Waals surface area contributed by atoms with Crippen LogP contribution in [0.5, 0.6) is 0 Å². The van der Waals surface area contributed by atoms with E-state index in [1.54, 1.807) is 25.6 Å². The van der Waals surface area contributed by atoms with Gasteiger partial charge in [-0.15, -0.1) is 0 Å². The van der Waals surface area contributed by atoms with Crippen molar-refractivity contribution >= 4 is 10.0 Å². The standard InChI is InChI=1S/C11H18N2O3S/c1-13(8-10-4-6-16-9-10)17(14,15)11-3-2-5-12-7-11/h4,6,9,11-12H,2-3,5,7-8H2,1H3. The first-order valence-corrected chi connectivity index (χ1v) is 7.28. The van der Waals surface area contributed by atoms with Crippen LogP contribution in [0.2, 0.25) is 0 Å². The fraction of sp³-hybridized carbons (Fsp3) is 0.636. The predicted molar refractivity (Wildman–Crippen MR) is 65.0 cm³/mol. The van der Waals surface area contributed by atoms with E-state index in [4.69, 9.17) is 4.42 Å². The van der Waals surface area contributed by atoms with Gasteiger partial charge in [-0.05, 0) is 25.5 Å². The van der Waals surface area contributed by atoms with Gasteiger partial charge < -0.3 is 9.73 Å². The molecule has 0 saturated carbocycles. The van der Waals surface area contributed by atoms with Crippen molar-refractivity contribution in [3.63, 3.8) is 0 Å². The Morgan fingerprint density at radius 2 is 2.41 bits per heavy atom. The molecule has 96 valence electrons. The van der Waals surface area contributed by atoms with E-state index in [0.29, 0.717) is 13.1 Å². The van der Waals surface area contributed by atoms with Gasteiger partial charge >= 0.3 is 0 Å². The van der Waals surface area contributed by atoms with Crippen molar-refractivity contribution in [2.45, 2.75) is 24.6 Å². The van der Waals surface area contributed by atoms with Crippen LogP contribution in [0.25, 0.3) is 0 Å². The van der Waals surface area contributed by atoms with Gasteiger partial charge in [0.2, 0.25) is 10.0 Å². The van der Waals surface area contributed by atoms with E-state index in [1.165, 1.54) is 4.31 Å². The summed E-state index contributed by atoms with van der Waals surface area (Å²) < 4.78 is 30.9. The summed E-state index contributed by atoms with van der Waals surface area (Å²) in [5, 5.41) is 2.83. The third kappa shape index (κ3) is 2.88. The van der Waals surface area contributed by atoms with Gasteiger partial charge in [0.1, 0.15) is 0 Å². The quantitative estimate of drug-likeness (QED) is 0.867. The number of furan rings is 1. The molecule has 17 heavy (non-hydrogen) atoms. The molecule has 1 atom stereocenters. The van der Waals surface area contributed by atoms with Crippen molar-refractivity contribution in [2.24, 2.45) is 0 Å². The van der Waals surface area contributed by atoms with E-state index < -0.39 is 10.0 Å². The summed E-state index contributed by atoms with van der Waals surface area (Å²) in [6, 6.07) is 1.78. The molecular formula is C11H18N2O3S. The highest BCUT2D eigenvalue weighted by atomic mass is 32.2. The molecule has 1 unspecified atom stereocenters. The highest BCUT2D eigenvalue weighted by Gasteiger charge is 2.30. The molecular weight excluding hydrogens is 240 g/mol. The minimum atomic E-state index is -3.21. The van der Waals surface area contributed by atoms with Crippen LogP contribution in [0, 0.1) is 0 Å². The average Bonchev–Trinajstić information content (AvgIpc) is 2.83. The highest BCUT2D eigenvalue weighted by Crippen LogP contribution is 2.17. The Hall–Kier alpha value is -0.850. The van der Waals surface area contributed by atoms with E-state index in [1.807, 2.05) is 0 Å². The molecule has 2 rings (SSSR count). The summed E-state index contributed by atoms with van der Waals surface area (Å²) in [5.41, 5.74) is 0.875. The Kier molecular flexibility index (Phi) is 3.86. The zero-order valence-corrected chi connectivity index (χ0v) is 10.7. The van der Waals surface area contributed by atoms with Crippen molar-refractivity contribution in [3.05, 3.63) is 24.2 Å². The predicted octanol–water partition coefficient (Wildman–Crippen LogP) is 0.793. The number of piperidine rings is 1. The van der Waals surface area contributed by atoms with Crippen LogP contribution >= 0.6 is 0 Å². The van der Waals surface area contributed by atoms with Crippen LogP contribution in [0.3, 0.4) is 0 Å². The molecule has 0 radical (unpaired) electrons. The van der Waals surface area contributed by atoms with Gasteiger partial charge in [-0.1, -0.05) is 0 Å². The summed E-state index contributed by atoms with van der Waals surface area (Å²) >= 11 is 0. The SMILES string of the molecule is CN(Cc1ccoc1)S(=O)(=O)C1CCCNC1. The normalized spacial score (nSPS) is 21.9. The van der Waals surface area contributed by atoms with Crippen molar-refractivity contribution in [1.82, 2.24) is 9.62 Å². The number of nitrogens with zero attached hydrogens (tertiary/aromatic N) is 1. The maximum absolute atomic E-state index is 12.3. The summed E-state index contributed by atoms with van der Waals surface area (Å²) in [5.74, 6) is 0. The molecule has 1 aromatic rings. The lowest BCUT2D eigenvalue weighted by Gasteiger charge is -2.27. The molecule has 1 saturated heterocycles. The third-order valence-electron chi connectivity index (χ3n) is 3.09. The van der Waals surface area contributed by atoms with E-state index in [9.17, 15) is 8.42 Å². The number of hydrogen-bond donors (Lipinski definition) is 1. The second-order valence-corrected chi connectivity index (χ2v) is 6.72. The molecule has 2 heterocycles. The fourth-order valence-electron chi connectivity index (χ4n) is 2.06. The molecule has 0 amide bonds. The van der Waals surface area contributed by atoms with Gasteiger partial charge in [0.05, 0.1) is 17.8 Å². The van der Waals surface area contributed by atoms with Crippen LogP contribution in [0.4, 0.5) is 0 Å². The molecule has 0 spiro atoms. The number of hydrogen-bond acceptors (Lipinski definition) is 4. The number of nitrogens with one attached hydrogen (secondary N) is 1. The minimum absolute atomic E-state index is 0.298. The Balaban J connectivity index is 2.03. The zero-order chi connectivity index (χ0) is 12.3. The first kappa shape index (κ1) is 12.6. The van der Waals surface area contributed by atoms with Crippen LogP contribution in [-0.4, -0.2) is 38.1 Å². The van der Waals surface area contributed by atoms with Crippen LogP contribution in [-0.2, 0) is 16.6 Å². The van der Waals surface area contributed by atoms with E-state index >= 15 is 0 Å². The van der Waals surface area contributed by atoms with Crippen LogP contribution in [0.1, 0.15) is 18.4 Å². The molecule has 6 heteroatoms. The summed E-state index contributed by atoms with van der Waals surface area (Å²) in [7, 11) is -1.59. The van der Waals surface area contributed by atoms with E-state index in [2.05, 4.69) is 5.32 Å².